The Balaban J connectivity index is 2.09. The zero-order valence-corrected chi connectivity index (χ0v) is 12.2. The Morgan fingerprint density at radius 2 is 2.32 bits per heavy atom. The lowest BCUT2D eigenvalue weighted by molar-refractivity contribution is 0.264. The Morgan fingerprint density at radius 3 is 3.05 bits per heavy atom. The van der Waals surface area contributed by atoms with E-state index in [1.165, 1.54) is 12.8 Å². The number of nitrogens with one attached hydrogen (secondary N) is 1. The number of aromatic nitrogens is 1. The van der Waals surface area contributed by atoms with Crippen LogP contribution in [0.25, 0.3) is 0 Å². The zero-order valence-electron chi connectivity index (χ0n) is 12.2. The second-order valence-electron chi connectivity index (χ2n) is 5.28. The Morgan fingerprint density at radius 1 is 1.47 bits per heavy atom. The summed E-state index contributed by atoms with van der Waals surface area (Å²) in [6.07, 6.45) is 2.42. The minimum absolute atomic E-state index is 0.402. The number of hydrogen-bond donors (Lipinski definition) is 1. The lowest BCUT2D eigenvalue weighted by atomic mass is 9.97. The van der Waals surface area contributed by atoms with E-state index in [1.54, 1.807) is 7.11 Å². The molecule has 1 aliphatic rings. The van der Waals surface area contributed by atoms with Crippen LogP contribution in [-0.4, -0.2) is 43.7 Å². The molecule has 4 nitrogen and oxygen atoms in total. The van der Waals surface area contributed by atoms with Crippen LogP contribution >= 0.6 is 0 Å². The fourth-order valence-electron chi connectivity index (χ4n) is 2.88. The van der Waals surface area contributed by atoms with E-state index in [0.29, 0.717) is 17.8 Å². The van der Waals surface area contributed by atoms with Crippen molar-refractivity contribution in [1.29, 1.82) is 0 Å². The van der Waals surface area contributed by atoms with Crippen molar-refractivity contribution >= 4 is 0 Å². The SMILES string of the molecule is CCCNCC1CCN(C)C1c1cccc(OC)n1. The van der Waals surface area contributed by atoms with E-state index in [-0.39, 0.29) is 0 Å². The van der Waals surface area contributed by atoms with Crippen LogP contribution in [0.4, 0.5) is 0 Å². The number of nitrogens with zero attached hydrogens (tertiary/aromatic N) is 2. The van der Waals surface area contributed by atoms with Crippen LogP contribution in [0, 0.1) is 5.92 Å². The highest BCUT2D eigenvalue weighted by Crippen LogP contribution is 2.35. The van der Waals surface area contributed by atoms with Crippen LogP contribution in [0.3, 0.4) is 0 Å². The summed E-state index contributed by atoms with van der Waals surface area (Å²) in [5.74, 6) is 1.34. The third kappa shape index (κ3) is 3.45. The van der Waals surface area contributed by atoms with Gasteiger partial charge in [-0.05, 0) is 51.5 Å². The third-order valence-corrected chi connectivity index (χ3v) is 3.86. The van der Waals surface area contributed by atoms with Gasteiger partial charge in [-0.25, -0.2) is 4.98 Å². The van der Waals surface area contributed by atoms with Gasteiger partial charge in [0, 0.05) is 6.07 Å². The first kappa shape index (κ1) is 14.3. The number of likely N-dealkylation sites (tertiary alicyclic amines) is 1. The number of methoxy groups -OCH3 is 1. The molecular weight excluding hydrogens is 238 g/mol. The van der Waals surface area contributed by atoms with E-state index in [1.807, 2.05) is 12.1 Å². The van der Waals surface area contributed by atoms with Crippen LogP contribution in [0.5, 0.6) is 5.88 Å². The Bertz CT molecular complexity index is 397. The fourth-order valence-corrected chi connectivity index (χ4v) is 2.88. The summed E-state index contributed by atoms with van der Waals surface area (Å²) in [6.45, 7) is 5.51. The molecular formula is C15H25N3O. The van der Waals surface area contributed by atoms with E-state index < -0.39 is 0 Å². The number of ether oxygens (including phenoxy) is 1. The van der Waals surface area contributed by atoms with Gasteiger partial charge in [0.2, 0.25) is 5.88 Å². The van der Waals surface area contributed by atoms with Gasteiger partial charge in [0.15, 0.2) is 0 Å². The molecule has 0 amide bonds. The van der Waals surface area contributed by atoms with E-state index in [2.05, 4.69) is 35.2 Å². The van der Waals surface area contributed by atoms with Gasteiger partial charge < -0.3 is 10.1 Å². The fraction of sp³-hybridized carbons (Fsp3) is 0.667. The summed E-state index contributed by atoms with van der Waals surface area (Å²) in [5.41, 5.74) is 1.13. The molecule has 0 saturated carbocycles. The van der Waals surface area contributed by atoms with E-state index in [0.717, 1.165) is 25.3 Å². The van der Waals surface area contributed by atoms with Crippen molar-refractivity contribution in [2.45, 2.75) is 25.8 Å². The maximum atomic E-state index is 5.24. The summed E-state index contributed by atoms with van der Waals surface area (Å²) in [7, 11) is 3.86. The van der Waals surface area contributed by atoms with E-state index in [4.69, 9.17) is 4.74 Å². The monoisotopic (exact) mass is 263 g/mol. The van der Waals surface area contributed by atoms with Crippen molar-refractivity contribution in [2.75, 3.05) is 33.8 Å². The maximum Gasteiger partial charge on any atom is 0.213 e. The second kappa shape index (κ2) is 6.87. The molecule has 0 bridgehead atoms. The van der Waals surface area contributed by atoms with Crippen LogP contribution in [-0.2, 0) is 0 Å². The quantitative estimate of drug-likeness (QED) is 0.797. The smallest absolute Gasteiger partial charge is 0.213 e. The molecule has 1 aliphatic heterocycles. The molecule has 0 radical (unpaired) electrons. The van der Waals surface area contributed by atoms with Crippen molar-refractivity contribution in [2.24, 2.45) is 5.92 Å². The average Bonchev–Trinajstić information content (AvgIpc) is 2.80. The molecule has 1 aromatic heterocycles. The summed E-state index contributed by atoms with van der Waals surface area (Å²) < 4.78 is 5.24. The number of rotatable bonds is 6. The molecule has 1 N–H and O–H groups in total. The number of hydrogen-bond acceptors (Lipinski definition) is 4. The summed E-state index contributed by atoms with van der Waals surface area (Å²) >= 11 is 0. The van der Waals surface area contributed by atoms with E-state index >= 15 is 0 Å². The van der Waals surface area contributed by atoms with Crippen LogP contribution in [0.2, 0.25) is 0 Å². The van der Waals surface area contributed by atoms with Gasteiger partial charge >= 0.3 is 0 Å². The summed E-state index contributed by atoms with van der Waals surface area (Å²) in [4.78, 5) is 7.01. The molecule has 19 heavy (non-hydrogen) atoms. The minimum Gasteiger partial charge on any atom is -0.481 e. The molecule has 1 aromatic rings. The lowest BCUT2D eigenvalue weighted by Gasteiger charge is -2.25. The Kier molecular flexibility index (Phi) is 5.16. The normalized spacial score (nSPS) is 23.7. The molecule has 2 rings (SSSR count). The predicted octanol–water partition coefficient (Wildman–Crippen LogP) is 2.08. The minimum atomic E-state index is 0.402. The zero-order chi connectivity index (χ0) is 13.7. The van der Waals surface area contributed by atoms with Gasteiger partial charge in [-0.15, -0.1) is 0 Å². The second-order valence-corrected chi connectivity index (χ2v) is 5.28. The predicted molar refractivity (Wildman–Crippen MR) is 77.4 cm³/mol. The molecule has 2 unspecified atom stereocenters. The number of pyridine rings is 1. The molecule has 0 spiro atoms. The third-order valence-electron chi connectivity index (χ3n) is 3.86. The largest absolute Gasteiger partial charge is 0.481 e. The van der Waals surface area contributed by atoms with Gasteiger partial charge in [0.1, 0.15) is 0 Å². The van der Waals surface area contributed by atoms with Crippen LogP contribution < -0.4 is 10.1 Å². The van der Waals surface area contributed by atoms with Crippen LogP contribution in [0.15, 0.2) is 18.2 Å². The van der Waals surface area contributed by atoms with Crippen molar-refractivity contribution in [3.05, 3.63) is 23.9 Å². The van der Waals surface area contributed by atoms with Crippen molar-refractivity contribution in [3.63, 3.8) is 0 Å². The van der Waals surface area contributed by atoms with Gasteiger partial charge in [-0.2, -0.15) is 0 Å². The van der Waals surface area contributed by atoms with Crippen molar-refractivity contribution in [3.8, 4) is 5.88 Å². The molecule has 2 atom stereocenters. The molecule has 0 aliphatic carbocycles. The first-order valence-corrected chi connectivity index (χ1v) is 7.18. The highest BCUT2D eigenvalue weighted by atomic mass is 16.5. The summed E-state index contributed by atoms with van der Waals surface area (Å²) in [5, 5.41) is 3.54. The van der Waals surface area contributed by atoms with Gasteiger partial charge in [0.05, 0.1) is 18.8 Å². The molecule has 106 valence electrons. The van der Waals surface area contributed by atoms with Crippen molar-refractivity contribution in [1.82, 2.24) is 15.2 Å². The highest BCUT2D eigenvalue weighted by Gasteiger charge is 2.33. The van der Waals surface area contributed by atoms with Gasteiger partial charge in [-0.3, -0.25) is 4.90 Å². The molecule has 1 fully saturated rings. The van der Waals surface area contributed by atoms with Crippen LogP contribution in [0.1, 0.15) is 31.5 Å². The first-order valence-electron chi connectivity index (χ1n) is 7.18. The molecule has 1 saturated heterocycles. The average molecular weight is 263 g/mol. The molecule has 2 heterocycles. The van der Waals surface area contributed by atoms with Gasteiger partial charge in [0.25, 0.3) is 0 Å². The summed E-state index contributed by atoms with van der Waals surface area (Å²) in [6, 6.07) is 6.45. The van der Waals surface area contributed by atoms with Gasteiger partial charge in [-0.1, -0.05) is 13.0 Å². The van der Waals surface area contributed by atoms with E-state index in [9.17, 15) is 0 Å². The standard InChI is InChI=1S/C15H25N3O/c1-4-9-16-11-12-8-10-18(2)15(12)13-6-5-7-14(17-13)19-3/h5-7,12,15-16H,4,8-11H2,1-3H3. The van der Waals surface area contributed by atoms with Crippen molar-refractivity contribution < 1.29 is 4.74 Å². The molecule has 0 aromatic carbocycles. The lowest BCUT2D eigenvalue weighted by Crippen LogP contribution is -2.29. The Hall–Kier alpha value is -1.13. The maximum absolute atomic E-state index is 5.24. The first-order chi connectivity index (χ1) is 9.26. The topological polar surface area (TPSA) is 37.4 Å². The highest BCUT2D eigenvalue weighted by molar-refractivity contribution is 5.20. The molecule has 4 heteroatoms. The Labute approximate surface area is 116 Å².